The number of thioether (sulfide) groups is 1. The van der Waals surface area contributed by atoms with E-state index in [0.717, 1.165) is 16.2 Å². The first kappa shape index (κ1) is 20.5. The molecule has 1 atom stereocenters. The van der Waals surface area contributed by atoms with Crippen molar-refractivity contribution in [2.45, 2.75) is 32.9 Å². The molecule has 1 heterocycles. The molecular formula is C20H26N2O2S2. The van der Waals surface area contributed by atoms with Gasteiger partial charge in [-0.25, -0.2) is 0 Å². The fourth-order valence-corrected chi connectivity index (χ4v) is 3.87. The van der Waals surface area contributed by atoms with E-state index in [9.17, 15) is 9.59 Å². The third kappa shape index (κ3) is 5.88. The van der Waals surface area contributed by atoms with Crippen molar-refractivity contribution in [1.82, 2.24) is 10.2 Å². The number of benzene rings is 1. The van der Waals surface area contributed by atoms with Gasteiger partial charge in [0.1, 0.15) is 6.04 Å². The minimum absolute atomic E-state index is 0.0176. The predicted octanol–water partition coefficient (Wildman–Crippen LogP) is 3.96. The Bertz CT molecular complexity index is 716. The van der Waals surface area contributed by atoms with Crippen molar-refractivity contribution in [3.05, 3.63) is 57.8 Å². The summed E-state index contributed by atoms with van der Waals surface area (Å²) in [7, 11) is 0. The summed E-state index contributed by atoms with van der Waals surface area (Å²) in [5, 5.41) is 4.96. The fourth-order valence-electron chi connectivity index (χ4n) is 2.68. The number of aryl methyl sites for hydroxylation is 1. The van der Waals surface area contributed by atoms with Crippen molar-refractivity contribution in [3.63, 3.8) is 0 Å². The zero-order valence-electron chi connectivity index (χ0n) is 15.5. The highest BCUT2D eigenvalue weighted by atomic mass is 32.2. The van der Waals surface area contributed by atoms with E-state index < -0.39 is 6.04 Å². The van der Waals surface area contributed by atoms with Gasteiger partial charge in [-0.1, -0.05) is 23.8 Å². The van der Waals surface area contributed by atoms with Crippen LogP contribution in [0.4, 0.5) is 0 Å². The molecule has 26 heavy (non-hydrogen) atoms. The molecule has 0 aliphatic carbocycles. The summed E-state index contributed by atoms with van der Waals surface area (Å²) in [5.74, 6) is 0.609. The Labute approximate surface area is 164 Å². The number of hydrogen-bond acceptors (Lipinski definition) is 4. The maximum absolute atomic E-state index is 13.0. The Morgan fingerprint density at radius 2 is 2.08 bits per heavy atom. The van der Waals surface area contributed by atoms with Gasteiger partial charge >= 0.3 is 0 Å². The molecule has 140 valence electrons. The lowest BCUT2D eigenvalue weighted by molar-refractivity contribution is -0.133. The Hall–Kier alpha value is -1.79. The van der Waals surface area contributed by atoms with Crippen LogP contribution in [0.3, 0.4) is 0 Å². The Balaban J connectivity index is 2.11. The molecule has 0 saturated carbocycles. The van der Waals surface area contributed by atoms with E-state index in [2.05, 4.69) is 5.32 Å². The molecule has 2 aromatic rings. The lowest BCUT2D eigenvalue weighted by Crippen LogP contribution is -2.48. The monoisotopic (exact) mass is 390 g/mol. The third-order valence-electron chi connectivity index (χ3n) is 4.11. The normalized spacial score (nSPS) is 11.8. The SMILES string of the molecule is CCN(Cc1cccs1)C(=O)C(CCSC)NC(=O)c1cccc(C)c1. The molecule has 0 bridgehead atoms. The first-order chi connectivity index (χ1) is 12.5. The lowest BCUT2D eigenvalue weighted by atomic mass is 10.1. The van der Waals surface area contributed by atoms with Gasteiger partial charge in [0.15, 0.2) is 0 Å². The molecule has 0 aliphatic rings. The standard InChI is InChI=1S/C20H26N2O2S2/c1-4-22(14-17-9-6-11-26-17)20(24)18(10-12-25-3)21-19(23)16-8-5-7-15(2)13-16/h5-9,11,13,18H,4,10,12,14H2,1-3H3,(H,21,23). The van der Waals surface area contributed by atoms with Crippen LogP contribution in [-0.4, -0.2) is 41.3 Å². The number of amides is 2. The largest absolute Gasteiger partial charge is 0.340 e. The van der Waals surface area contributed by atoms with Crippen LogP contribution in [0.15, 0.2) is 41.8 Å². The highest BCUT2D eigenvalue weighted by Crippen LogP contribution is 2.14. The van der Waals surface area contributed by atoms with Crippen LogP contribution in [0.2, 0.25) is 0 Å². The van der Waals surface area contributed by atoms with Crippen LogP contribution in [0, 0.1) is 6.92 Å². The quantitative estimate of drug-likeness (QED) is 0.705. The Morgan fingerprint density at radius 1 is 1.27 bits per heavy atom. The van der Waals surface area contributed by atoms with Crippen LogP contribution in [0.25, 0.3) is 0 Å². The van der Waals surface area contributed by atoms with Crippen molar-refractivity contribution in [2.75, 3.05) is 18.6 Å². The summed E-state index contributed by atoms with van der Waals surface area (Å²) in [6, 6.07) is 10.9. The topological polar surface area (TPSA) is 49.4 Å². The number of hydrogen-bond donors (Lipinski definition) is 1. The average molecular weight is 391 g/mol. The van der Waals surface area contributed by atoms with Crippen molar-refractivity contribution < 1.29 is 9.59 Å². The molecule has 1 aromatic carbocycles. The summed E-state index contributed by atoms with van der Waals surface area (Å²) in [6.07, 6.45) is 2.63. The second-order valence-electron chi connectivity index (χ2n) is 6.11. The van der Waals surface area contributed by atoms with Gasteiger partial charge in [0.05, 0.1) is 6.54 Å². The second kappa shape index (κ2) is 10.4. The van der Waals surface area contributed by atoms with Gasteiger partial charge in [-0.3, -0.25) is 9.59 Å². The van der Waals surface area contributed by atoms with Gasteiger partial charge in [0.25, 0.3) is 5.91 Å². The molecular weight excluding hydrogens is 364 g/mol. The minimum Gasteiger partial charge on any atom is -0.340 e. The third-order valence-corrected chi connectivity index (χ3v) is 5.62. The highest BCUT2D eigenvalue weighted by Gasteiger charge is 2.25. The first-order valence-corrected chi connectivity index (χ1v) is 11.0. The number of thiophene rings is 1. The highest BCUT2D eigenvalue weighted by molar-refractivity contribution is 7.98. The molecule has 2 rings (SSSR count). The summed E-state index contributed by atoms with van der Waals surface area (Å²) in [5.41, 5.74) is 1.62. The number of carbonyl (C=O) groups excluding carboxylic acids is 2. The number of nitrogens with zero attached hydrogens (tertiary/aromatic N) is 1. The van der Waals surface area contributed by atoms with Crippen molar-refractivity contribution in [3.8, 4) is 0 Å². The molecule has 0 aliphatic heterocycles. The maximum atomic E-state index is 13.0. The van der Waals surface area contributed by atoms with Gasteiger partial charge in [0.2, 0.25) is 5.91 Å². The molecule has 0 saturated heterocycles. The van der Waals surface area contributed by atoms with Crippen LogP contribution in [-0.2, 0) is 11.3 Å². The zero-order chi connectivity index (χ0) is 18.9. The molecule has 6 heteroatoms. The second-order valence-corrected chi connectivity index (χ2v) is 8.13. The molecule has 0 radical (unpaired) electrons. The number of rotatable bonds is 9. The molecule has 2 amide bonds. The molecule has 0 fully saturated rings. The van der Waals surface area contributed by atoms with Crippen LogP contribution in [0.5, 0.6) is 0 Å². The van der Waals surface area contributed by atoms with E-state index in [-0.39, 0.29) is 11.8 Å². The predicted molar refractivity (Wildman–Crippen MR) is 111 cm³/mol. The number of likely N-dealkylation sites (N-methyl/N-ethyl adjacent to an activating group) is 1. The van der Waals surface area contributed by atoms with Gasteiger partial charge in [-0.15, -0.1) is 11.3 Å². The molecule has 1 N–H and O–H groups in total. The van der Waals surface area contributed by atoms with E-state index in [1.807, 2.05) is 60.7 Å². The molecule has 1 unspecified atom stereocenters. The van der Waals surface area contributed by atoms with Crippen LogP contribution in [0.1, 0.15) is 34.1 Å². The van der Waals surface area contributed by atoms with E-state index in [1.54, 1.807) is 29.2 Å². The summed E-state index contributed by atoms with van der Waals surface area (Å²) in [4.78, 5) is 28.6. The molecule has 4 nitrogen and oxygen atoms in total. The minimum atomic E-state index is -0.504. The van der Waals surface area contributed by atoms with Gasteiger partial charge in [-0.05, 0) is 55.9 Å². The van der Waals surface area contributed by atoms with Crippen molar-refractivity contribution in [2.24, 2.45) is 0 Å². The van der Waals surface area contributed by atoms with Crippen LogP contribution < -0.4 is 5.32 Å². The van der Waals surface area contributed by atoms with Crippen molar-refractivity contribution in [1.29, 1.82) is 0 Å². The van der Waals surface area contributed by atoms with E-state index in [4.69, 9.17) is 0 Å². The summed E-state index contributed by atoms with van der Waals surface area (Å²) >= 11 is 3.32. The molecule has 0 spiro atoms. The fraction of sp³-hybridized carbons (Fsp3) is 0.400. The van der Waals surface area contributed by atoms with Gasteiger partial charge in [0, 0.05) is 17.0 Å². The van der Waals surface area contributed by atoms with Gasteiger partial charge < -0.3 is 10.2 Å². The lowest BCUT2D eigenvalue weighted by Gasteiger charge is -2.26. The van der Waals surface area contributed by atoms with Gasteiger partial charge in [-0.2, -0.15) is 11.8 Å². The zero-order valence-corrected chi connectivity index (χ0v) is 17.2. The number of nitrogens with one attached hydrogen (secondary N) is 1. The smallest absolute Gasteiger partial charge is 0.251 e. The van der Waals surface area contributed by atoms with E-state index in [0.29, 0.717) is 25.1 Å². The average Bonchev–Trinajstić information content (AvgIpc) is 3.15. The Kier molecular flexibility index (Phi) is 8.19. The number of carbonyl (C=O) groups is 2. The Morgan fingerprint density at radius 3 is 2.69 bits per heavy atom. The maximum Gasteiger partial charge on any atom is 0.251 e. The van der Waals surface area contributed by atoms with E-state index in [1.165, 1.54) is 0 Å². The van der Waals surface area contributed by atoms with E-state index >= 15 is 0 Å². The van der Waals surface area contributed by atoms with Crippen molar-refractivity contribution >= 4 is 34.9 Å². The summed E-state index contributed by atoms with van der Waals surface area (Å²) < 4.78 is 0. The summed E-state index contributed by atoms with van der Waals surface area (Å²) in [6.45, 7) is 5.13. The molecule has 1 aromatic heterocycles. The van der Waals surface area contributed by atoms with Crippen LogP contribution >= 0.6 is 23.1 Å². The first-order valence-electron chi connectivity index (χ1n) is 8.72.